The van der Waals surface area contributed by atoms with E-state index < -0.39 is 0 Å². The molecule has 0 amide bonds. The second-order valence-corrected chi connectivity index (χ2v) is 5.65. The summed E-state index contributed by atoms with van der Waals surface area (Å²) in [6, 6.07) is 0.650. The first-order chi connectivity index (χ1) is 7.55. The third-order valence-electron chi connectivity index (χ3n) is 3.54. The first kappa shape index (κ1) is 11.6. The van der Waals surface area contributed by atoms with E-state index in [1.165, 1.54) is 25.7 Å². The molecule has 4 heteroatoms. The Kier molecular flexibility index (Phi) is 3.28. The van der Waals surface area contributed by atoms with E-state index in [4.69, 9.17) is 0 Å². The van der Waals surface area contributed by atoms with E-state index in [9.17, 15) is 0 Å². The fraction of sp³-hybridized carbons (Fsp3) is 0.833. The summed E-state index contributed by atoms with van der Waals surface area (Å²) in [5.41, 5.74) is 0.543. The molecule has 0 aromatic carbocycles. The van der Waals surface area contributed by atoms with Crippen molar-refractivity contribution < 1.29 is 0 Å². The minimum absolute atomic E-state index is 0.543. The van der Waals surface area contributed by atoms with Crippen molar-refractivity contribution in [1.82, 2.24) is 20.1 Å². The Morgan fingerprint density at radius 2 is 2.12 bits per heavy atom. The predicted molar refractivity (Wildman–Crippen MR) is 63.9 cm³/mol. The molecule has 90 valence electrons. The topological polar surface area (TPSA) is 42.7 Å². The minimum Gasteiger partial charge on any atom is -0.307 e. The molecule has 1 aliphatic rings. The van der Waals surface area contributed by atoms with Crippen LogP contribution in [0, 0.1) is 5.41 Å². The highest BCUT2D eigenvalue weighted by Crippen LogP contribution is 2.34. The SMILES string of the molecule is Cn1cnc(CNC2CCC(C)(C)CC2)n1. The second-order valence-electron chi connectivity index (χ2n) is 5.65. The van der Waals surface area contributed by atoms with Crippen LogP contribution in [0.5, 0.6) is 0 Å². The van der Waals surface area contributed by atoms with Gasteiger partial charge in [-0.25, -0.2) is 4.98 Å². The second kappa shape index (κ2) is 4.53. The van der Waals surface area contributed by atoms with Crippen molar-refractivity contribution in [1.29, 1.82) is 0 Å². The maximum absolute atomic E-state index is 4.27. The lowest BCUT2D eigenvalue weighted by atomic mass is 9.75. The molecule has 1 saturated carbocycles. The van der Waals surface area contributed by atoms with Crippen molar-refractivity contribution in [3.8, 4) is 0 Å². The number of nitrogens with zero attached hydrogens (tertiary/aromatic N) is 3. The Labute approximate surface area is 97.5 Å². The van der Waals surface area contributed by atoms with Gasteiger partial charge in [0.15, 0.2) is 5.82 Å². The number of hydrogen-bond acceptors (Lipinski definition) is 3. The zero-order valence-corrected chi connectivity index (χ0v) is 10.5. The molecule has 4 nitrogen and oxygen atoms in total. The van der Waals surface area contributed by atoms with E-state index in [-0.39, 0.29) is 0 Å². The summed E-state index contributed by atoms with van der Waals surface area (Å²) in [7, 11) is 1.90. The lowest BCUT2D eigenvalue weighted by molar-refractivity contribution is 0.205. The van der Waals surface area contributed by atoms with E-state index in [1.54, 1.807) is 11.0 Å². The molecule has 1 heterocycles. The lowest BCUT2D eigenvalue weighted by Gasteiger charge is -2.34. The average Bonchev–Trinajstić information content (AvgIpc) is 2.63. The molecule has 1 N–H and O–H groups in total. The minimum atomic E-state index is 0.543. The number of hydrogen-bond donors (Lipinski definition) is 1. The van der Waals surface area contributed by atoms with Gasteiger partial charge in [0.2, 0.25) is 0 Å². The van der Waals surface area contributed by atoms with Crippen LogP contribution in [-0.2, 0) is 13.6 Å². The van der Waals surface area contributed by atoms with Crippen molar-refractivity contribution in [3.63, 3.8) is 0 Å². The lowest BCUT2D eigenvalue weighted by Crippen LogP contribution is -2.35. The monoisotopic (exact) mass is 222 g/mol. The molecule has 2 rings (SSSR count). The fourth-order valence-electron chi connectivity index (χ4n) is 2.30. The number of rotatable bonds is 3. The molecule has 1 aliphatic carbocycles. The third kappa shape index (κ3) is 3.04. The van der Waals surface area contributed by atoms with E-state index in [0.29, 0.717) is 11.5 Å². The van der Waals surface area contributed by atoms with E-state index in [1.807, 2.05) is 7.05 Å². The largest absolute Gasteiger partial charge is 0.307 e. The van der Waals surface area contributed by atoms with Crippen molar-refractivity contribution in [2.24, 2.45) is 12.5 Å². The summed E-state index contributed by atoms with van der Waals surface area (Å²) < 4.78 is 1.75. The first-order valence-corrected chi connectivity index (χ1v) is 6.13. The molecule has 0 aliphatic heterocycles. The van der Waals surface area contributed by atoms with Crippen molar-refractivity contribution in [3.05, 3.63) is 12.2 Å². The van der Waals surface area contributed by atoms with Gasteiger partial charge in [0.1, 0.15) is 6.33 Å². The Bertz CT molecular complexity index is 333. The Morgan fingerprint density at radius 3 is 2.69 bits per heavy atom. The molecule has 1 aromatic rings. The van der Waals surface area contributed by atoms with E-state index >= 15 is 0 Å². The van der Waals surface area contributed by atoms with Crippen LogP contribution in [0.15, 0.2) is 6.33 Å². The summed E-state index contributed by atoms with van der Waals surface area (Å²) in [6.45, 7) is 5.53. The van der Waals surface area contributed by atoms with Crippen LogP contribution in [0.4, 0.5) is 0 Å². The smallest absolute Gasteiger partial charge is 0.164 e. The van der Waals surface area contributed by atoms with Crippen LogP contribution in [0.2, 0.25) is 0 Å². The van der Waals surface area contributed by atoms with Gasteiger partial charge in [0.25, 0.3) is 0 Å². The average molecular weight is 222 g/mol. The number of aryl methyl sites for hydroxylation is 1. The van der Waals surface area contributed by atoms with Gasteiger partial charge in [-0.1, -0.05) is 13.8 Å². The van der Waals surface area contributed by atoms with Crippen LogP contribution in [0.25, 0.3) is 0 Å². The summed E-state index contributed by atoms with van der Waals surface area (Å²) in [4.78, 5) is 4.22. The molecule has 1 aromatic heterocycles. The van der Waals surface area contributed by atoms with Gasteiger partial charge in [-0.05, 0) is 31.1 Å². The van der Waals surface area contributed by atoms with Crippen LogP contribution in [-0.4, -0.2) is 20.8 Å². The molecule has 0 radical (unpaired) electrons. The van der Waals surface area contributed by atoms with Gasteiger partial charge in [-0.3, -0.25) is 4.68 Å². The highest BCUT2D eigenvalue weighted by atomic mass is 15.3. The Hall–Kier alpha value is -0.900. The van der Waals surface area contributed by atoms with Crippen LogP contribution in [0.3, 0.4) is 0 Å². The summed E-state index contributed by atoms with van der Waals surface area (Å²) >= 11 is 0. The van der Waals surface area contributed by atoms with Gasteiger partial charge in [0, 0.05) is 13.1 Å². The maximum Gasteiger partial charge on any atom is 0.164 e. The highest BCUT2D eigenvalue weighted by Gasteiger charge is 2.26. The first-order valence-electron chi connectivity index (χ1n) is 6.13. The van der Waals surface area contributed by atoms with Gasteiger partial charge in [0.05, 0.1) is 6.54 Å². The summed E-state index contributed by atoms with van der Waals surface area (Å²) in [5, 5.41) is 7.82. The molecular weight excluding hydrogens is 200 g/mol. The Balaban J connectivity index is 1.75. The standard InChI is InChI=1S/C12H22N4/c1-12(2)6-4-10(5-7-12)13-8-11-14-9-16(3)15-11/h9-10,13H,4-8H2,1-3H3. The molecule has 0 saturated heterocycles. The molecular formula is C12H22N4. The zero-order chi connectivity index (χ0) is 11.6. The normalized spacial score (nSPS) is 21.2. The van der Waals surface area contributed by atoms with Crippen LogP contribution >= 0.6 is 0 Å². The van der Waals surface area contributed by atoms with Crippen LogP contribution < -0.4 is 5.32 Å². The van der Waals surface area contributed by atoms with Gasteiger partial charge in [-0.2, -0.15) is 5.10 Å². The predicted octanol–water partition coefficient (Wildman–Crippen LogP) is 1.87. The maximum atomic E-state index is 4.27. The molecule has 1 fully saturated rings. The number of nitrogens with one attached hydrogen (secondary N) is 1. The van der Waals surface area contributed by atoms with Gasteiger partial charge in [-0.15, -0.1) is 0 Å². The van der Waals surface area contributed by atoms with Crippen molar-refractivity contribution >= 4 is 0 Å². The highest BCUT2D eigenvalue weighted by molar-refractivity contribution is 4.85. The molecule has 0 unspecified atom stereocenters. The molecule has 0 bridgehead atoms. The fourth-order valence-corrected chi connectivity index (χ4v) is 2.30. The molecule has 0 atom stereocenters. The van der Waals surface area contributed by atoms with Crippen molar-refractivity contribution in [2.45, 2.75) is 52.1 Å². The van der Waals surface area contributed by atoms with E-state index in [2.05, 4.69) is 29.2 Å². The summed E-state index contributed by atoms with van der Waals surface area (Å²) in [5.74, 6) is 0.896. The molecule has 16 heavy (non-hydrogen) atoms. The third-order valence-corrected chi connectivity index (χ3v) is 3.54. The van der Waals surface area contributed by atoms with E-state index in [0.717, 1.165) is 12.4 Å². The summed E-state index contributed by atoms with van der Waals surface area (Å²) in [6.07, 6.45) is 6.95. The number of aromatic nitrogens is 3. The van der Waals surface area contributed by atoms with Crippen LogP contribution in [0.1, 0.15) is 45.4 Å². The Morgan fingerprint density at radius 1 is 1.44 bits per heavy atom. The zero-order valence-electron chi connectivity index (χ0n) is 10.5. The van der Waals surface area contributed by atoms with Gasteiger partial charge >= 0.3 is 0 Å². The van der Waals surface area contributed by atoms with Gasteiger partial charge < -0.3 is 5.32 Å². The quantitative estimate of drug-likeness (QED) is 0.849. The van der Waals surface area contributed by atoms with Crippen molar-refractivity contribution in [2.75, 3.05) is 0 Å². The molecule has 0 spiro atoms.